The van der Waals surface area contributed by atoms with Crippen LogP contribution in [-0.2, 0) is 16.1 Å². The Bertz CT molecular complexity index is 1280. The van der Waals surface area contributed by atoms with Crippen molar-refractivity contribution in [2.24, 2.45) is 0 Å². The molecular formula is C31H34O7. The molecule has 7 heteroatoms. The van der Waals surface area contributed by atoms with Gasteiger partial charge in [-0.15, -0.1) is 0 Å². The van der Waals surface area contributed by atoms with Gasteiger partial charge in [0.2, 0.25) is 0 Å². The average molecular weight is 519 g/mol. The van der Waals surface area contributed by atoms with Gasteiger partial charge in [0.15, 0.2) is 0 Å². The minimum Gasteiger partial charge on any atom is -0.492 e. The van der Waals surface area contributed by atoms with E-state index in [9.17, 15) is 9.90 Å². The van der Waals surface area contributed by atoms with Gasteiger partial charge in [0.25, 0.3) is 0 Å². The van der Waals surface area contributed by atoms with Gasteiger partial charge in [-0.2, -0.15) is 0 Å². The molecule has 2 heterocycles. The molecule has 7 nitrogen and oxygen atoms in total. The van der Waals surface area contributed by atoms with E-state index in [1.807, 2.05) is 42.5 Å². The quantitative estimate of drug-likeness (QED) is 0.391. The van der Waals surface area contributed by atoms with Gasteiger partial charge in [-0.3, -0.25) is 4.79 Å². The summed E-state index contributed by atoms with van der Waals surface area (Å²) in [5.41, 5.74) is 6.43. The number of benzene rings is 3. The van der Waals surface area contributed by atoms with Gasteiger partial charge >= 0.3 is 5.97 Å². The first-order valence-corrected chi connectivity index (χ1v) is 13.1. The second-order valence-electron chi connectivity index (χ2n) is 10.2. The van der Waals surface area contributed by atoms with Crippen LogP contribution in [0.15, 0.2) is 54.6 Å². The Morgan fingerprint density at radius 3 is 2.61 bits per heavy atom. The molecule has 1 fully saturated rings. The summed E-state index contributed by atoms with van der Waals surface area (Å²) in [6, 6.07) is 18.0. The Morgan fingerprint density at radius 1 is 1.03 bits per heavy atom. The predicted octanol–water partition coefficient (Wildman–Crippen LogP) is 5.42. The van der Waals surface area contributed by atoms with Crippen molar-refractivity contribution in [2.45, 2.75) is 57.8 Å². The Balaban J connectivity index is 1.24. The molecule has 2 aliphatic heterocycles. The number of hydrogen-bond donors (Lipinski definition) is 2. The molecule has 0 aromatic heterocycles. The van der Waals surface area contributed by atoms with Crippen LogP contribution in [0.25, 0.3) is 11.1 Å². The van der Waals surface area contributed by atoms with Crippen LogP contribution in [0.3, 0.4) is 0 Å². The van der Waals surface area contributed by atoms with Gasteiger partial charge in [-0.25, -0.2) is 0 Å². The maximum Gasteiger partial charge on any atom is 0.304 e. The maximum absolute atomic E-state index is 11.1. The van der Waals surface area contributed by atoms with Crippen molar-refractivity contribution in [3.05, 3.63) is 76.9 Å². The Hall–Kier alpha value is -3.55. The largest absolute Gasteiger partial charge is 0.492 e. The van der Waals surface area contributed by atoms with Gasteiger partial charge in [-0.05, 0) is 78.8 Å². The lowest BCUT2D eigenvalue weighted by molar-refractivity contribution is -0.137. The van der Waals surface area contributed by atoms with Crippen molar-refractivity contribution in [3.63, 3.8) is 0 Å². The van der Waals surface area contributed by atoms with Crippen LogP contribution >= 0.6 is 0 Å². The molecule has 3 unspecified atom stereocenters. The zero-order chi connectivity index (χ0) is 26.6. The Labute approximate surface area is 222 Å². The molecule has 0 radical (unpaired) electrons. The number of hydrogen-bond acceptors (Lipinski definition) is 6. The number of aliphatic hydroxyl groups is 1. The summed E-state index contributed by atoms with van der Waals surface area (Å²) in [7, 11) is 0. The molecule has 2 N–H and O–H groups in total. The van der Waals surface area contributed by atoms with E-state index in [0.29, 0.717) is 37.9 Å². The smallest absolute Gasteiger partial charge is 0.304 e. The van der Waals surface area contributed by atoms with Gasteiger partial charge in [-0.1, -0.05) is 24.3 Å². The molecule has 0 spiro atoms. The van der Waals surface area contributed by atoms with E-state index >= 15 is 0 Å². The molecule has 1 saturated heterocycles. The molecule has 3 aromatic carbocycles. The van der Waals surface area contributed by atoms with E-state index in [1.54, 1.807) is 0 Å². The molecule has 0 amide bonds. The summed E-state index contributed by atoms with van der Waals surface area (Å²) in [6.07, 6.45) is 0.922. The summed E-state index contributed by atoms with van der Waals surface area (Å²) in [5.74, 6) is 1.21. The van der Waals surface area contributed by atoms with Crippen LogP contribution in [0.2, 0.25) is 0 Å². The minimum absolute atomic E-state index is 0.0595. The van der Waals surface area contributed by atoms with Crippen molar-refractivity contribution >= 4 is 5.97 Å². The lowest BCUT2D eigenvalue weighted by Gasteiger charge is -2.28. The first-order chi connectivity index (χ1) is 18.4. The second kappa shape index (κ2) is 11.5. The van der Waals surface area contributed by atoms with Crippen molar-refractivity contribution < 1.29 is 34.0 Å². The van der Waals surface area contributed by atoms with Crippen LogP contribution in [0.4, 0.5) is 0 Å². The number of ether oxygens (including phenoxy) is 4. The summed E-state index contributed by atoms with van der Waals surface area (Å²) < 4.78 is 23.4. The third-order valence-corrected chi connectivity index (χ3v) is 7.23. The predicted molar refractivity (Wildman–Crippen MR) is 143 cm³/mol. The number of carboxylic acids is 1. The van der Waals surface area contributed by atoms with Crippen LogP contribution in [0.5, 0.6) is 17.2 Å². The van der Waals surface area contributed by atoms with Crippen LogP contribution in [0, 0.1) is 13.8 Å². The van der Waals surface area contributed by atoms with Crippen LogP contribution in [-0.4, -0.2) is 48.2 Å². The minimum atomic E-state index is -0.826. The maximum atomic E-state index is 11.1. The van der Waals surface area contributed by atoms with Crippen molar-refractivity contribution in [1.29, 1.82) is 0 Å². The number of carboxylic acid groups (broad SMARTS) is 1. The second-order valence-corrected chi connectivity index (χ2v) is 10.2. The highest BCUT2D eigenvalue weighted by Gasteiger charge is 2.27. The topological polar surface area (TPSA) is 94.5 Å². The SMILES string of the molecule is Cc1cc(OCC2OCCCC2O)cc(C)c1-c1cccc(COc2ccc3c(c2)OCC3CC(=O)O)c1. The molecular weight excluding hydrogens is 484 g/mol. The highest BCUT2D eigenvalue weighted by atomic mass is 16.5. The molecule has 38 heavy (non-hydrogen) atoms. The number of carbonyl (C=O) groups is 1. The summed E-state index contributed by atoms with van der Waals surface area (Å²) in [6.45, 7) is 5.93. The van der Waals surface area contributed by atoms with Crippen LogP contribution < -0.4 is 14.2 Å². The number of rotatable bonds is 9. The standard InChI is InChI=1S/C31H34O7/c1-19-11-25(37-18-29-27(32)7-4-10-35-29)12-20(2)31(19)22-6-3-5-21(13-22)16-36-24-8-9-26-23(14-30(33)34)17-38-28(26)15-24/h3,5-6,8-9,11-13,15,23,27,29,32H,4,7,10,14,16-18H2,1-2H3,(H,33,34). The fourth-order valence-electron chi connectivity index (χ4n) is 5.33. The highest BCUT2D eigenvalue weighted by molar-refractivity contribution is 5.72. The van der Waals surface area contributed by atoms with Gasteiger partial charge < -0.3 is 29.2 Å². The number of fused-ring (bicyclic) bond motifs is 1. The van der Waals surface area contributed by atoms with Gasteiger partial charge in [0.05, 0.1) is 19.1 Å². The highest BCUT2D eigenvalue weighted by Crippen LogP contribution is 2.38. The zero-order valence-corrected chi connectivity index (χ0v) is 21.8. The number of aliphatic carboxylic acids is 1. The van der Waals surface area contributed by atoms with Crippen LogP contribution in [0.1, 0.15) is 47.4 Å². The van der Waals surface area contributed by atoms with Gasteiger partial charge in [0, 0.05) is 24.2 Å². The third kappa shape index (κ3) is 5.95. The van der Waals surface area contributed by atoms with Crippen molar-refractivity contribution in [3.8, 4) is 28.4 Å². The van der Waals surface area contributed by atoms with E-state index in [4.69, 9.17) is 24.1 Å². The van der Waals surface area contributed by atoms with E-state index in [1.165, 1.54) is 0 Å². The molecule has 200 valence electrons. The molecule has 0 aliphatic carbocycles. The monoisotopic (exact) mass is 518 g/mol. The molecule has 2 aliphatic rings. The number of aliphatic hydroxyl groups excluding tert-OH is 1. The lowest BCUT2D eigenvalue weighted by Crippen LogP contribution is -2.38. The van der Waals surface area contributed by atoms with Gasteiger partial charge in [0.1, 0.15) is 36.6 Å². The fraction of sp³-hybridized carbons (Fsp3) is 0.387. The lowest BCUT2D eigenvalue weighted by atomic mass is 9.94. The third-order valence-electron chi connectivity index (χ3n) is 7.23. The van der Waals surface area contributed by atoms with E-state index in [2.05, 4.69) is 26.0 Å². The molecule has 0 bridgehead atoms. The molecule has 5 rings (SSSR count). The van der Waals surface area contributed by atoms with Crippen molar-refractivity contribution in [1.82, 2.24) is 0 Å². The average Bonchev–Trinajstić information content (AvgIpc) is 3.28. The molecule has 3 atom stereocenters. The van der Waals surface area contributed by atoms with E-state index < -0.39 is 12.1 Å². The summed E-state index contributed by atoms with van der Waals surface area (Å²) >= 11 is 0. The van der Waals surface area contributed by atoms with Crippen molar-refractivity contribution in [2.75, 3.05) is 19.8 Å². The summed E-state index contributed by atoms with van der Waals surface area (Å²) in [5, 5.41) is 19.2. The molecule has 0 saturated carbocycles. The Kier molecular flexibility index (Phi) is 7.86. The number of aryl methyl sites for hydroxylation is 2. The van der Waals surface area contributed by atoms with E-state index in [0.717, 1.165) is 52.0 Å². The first kappa shape index (κ1) is 26.1. The summed E-state index contributed by atoms with van der Waals surface area (Å²) in [4.78, 5) is 11.1. The zero-order valence-electron chi connectivity index (χ0n) is 21.8. The molecule has 3 aromatic rings. The van der Waals surface area contributed by atoms with E-state index in [-0.39, 0.29) is 18.4 Å². The fourth-order valence-corrected chi connectivity index (χ4v) is 5.33. The normalized spacial score (nSPS) is 20.4. The Morgan fingerprint density at radius 2 is 1.84 bits per heavy atom. The first-order valence-electron chi connectivity index (χ1n) is 13.1.